The number of amides is 1. The Morgan fingerprint density at radius 3 is 2.70 bits per heavy atom. The predicted molar refractivity (Wildman–Crippen MR) is 90.9 cm³/mol. The number of hydrogen-bond donors (Lipinski definition) is 0. The summed E-state index contributed by atoms with van der Waals surface area (Å²) in [6.45, 7) is 1.87. The Hall–Kier alpha value is -3.10. The molecule has 0 aliphatic carbocycles. The Kier molecular flexibility index (Phi) is 4.01. The van der Waals surface area contributed by atoms with Crippen LogP contribution < -0.4 is 0 Å². The molecule has 1 atom stereocenters. The second-order valence-corrected chi connectivity index (χ2v) is 6.67. The van der Waals surface area contributed by atoms with Gasteiger partial charge in [0.2, 0.25) is 11.5 Å². The molecule has 7 nitrogen and oxygen atoms in total. The van der Waals surface area contributed by atoms with Gasteiger partial charge in [-0.3, -0.25) is 9.48 Å². The second-order valence-electron chi connectivity index (χ2n) is 6.67. The summed E-state index contributed by atoms with van der Waals surface area (Å²) in [5.74, 6) is -0.739. The number of rotatable bonds is 3. The molecule has 140 valence electrons. The van der Waals surface area contributed by atoms with Gasteiger partial charge in [0.05, 0.1) is 6.54 Å². The average Bonchev–Trinajstić information content (AvgIpc) is 3.36. The molecule has 4 rings (SSSR count). The number of likely N-dealkylation sites (tertiary alicyclic amines) is 1. The average molecular weight is 373 g/mol. The van der Waals surface area contributed by atoms with Crippen LogP contribution in [-0.2, 0) is 12.7 Å². The van der Waals surface area contributed by atoms with Gasteiger partial charge >= 0.3 is 0 Å². The highest BCUT2D eigenvalue weighted by Gasteiger charge is 2.47. The minimum absolute atomic E-state index is 0.0512. The van der Waals surface area contributed by atoms with Gasteiger partial charge < -0.3 is 9.42 Å². The maximum atomic E-state index is 15.4. The van der Waals surface area contributed by atoms with Gasteiger partial charge in [0.15, 0.2) is 5.69 Å². The van der Waals surface area contributed by atoms with Crippen LogP contribution in [0, 0.1) is 12.7 Å². The number of halogens is 2. The molecule has 1 fully saturated rings. The standard InChI is InChI=1S/C18H17F2N5O2/c1-11-9-14(22-24(11)2)16(26)25-8-7-18(20,10-25)17-21-15(23-27-17)12-3-5-13(19)6-4-12/h3-6,9H,7-8,10H2,1-2H3. The molecule has 0 saturated carbocycles. The van der Waals surface area contributed by atoms with E-state index in [-0.39, 0.29) is 48.6 Å². The monoisotopic (exact) mass is 373 g/mol. The highest BCUT2D eigenvalue weighted by molar-refractivity contribution is 5.92. The van der Waals surface area contributed by atoms with E-state index in [2.05, 4.69) is 15.2 Å². The molecule has 3 heterocycles. The fraction of sp³-hybridized carbons (Fsp3) is 0.333. The van der Waals surface area contributed by atoms with Crippen LogP contribution >= 0.6 is 0 Å². The van der Waals surface area contributed by atoms with E-state index in [0.29, 0.717) is 5.56 Å². The van der Waals surface area contributed by atoms with E-state index in [1.807, 2.05) is 6.92 Å². The minimum Gasteiger partial charge on any atom is -0.335 e. The summed E-state index contributed by atoms with van der Waals surface area (Å²) in [7, 11) is 1.74. The third-order valence-corrected chi connectivity index (χ3v) is 4.75. The highest BCUT2D eigenvalue weighted by atomic mass is 19.1. The zero-order chi connectivity index (χ0) is 19.2. The van der Waals surface area contributed by atoms with E-state index in [0.717, 1.165) is 5.69 Å². The number of carbonyl (C=O) groups excluding carboxylic acids is 1. The molecule has 9 heteroatoms. The van der Waals surface area contributed by atoms with E-state index < -0.39 is 5.67 Å². The molecule has 0 spiro atoms. The molecule has 1 amide bonds. The Morgan fingerprint density at radius 1 is 1.30 bits per heavy atom. The van der Waals surface area contributed by atoms with Gasteiger partial charge in [0.25, 0.3) is 11.8 Å². The number of alkyl halides is 1. The number of hydrogen-bond acceptors (Lipinski definition) is 5. The van der Waals surface area contributed by atoms with Crippen molar-refractivity contribution < 1.29 is 18.1 Å². The van der Waals surface area contributed by atoms with E-state index in [1.165, 1.54) is 29.2 Å². The summed E-state index contributed by atoms with van der Waals surface area (Å²) in [6.07, 6.45) is 0.0512. The van der Waals surface area contributed by atoms with Crippen LogP contribution in [0.4, 0.5) is 8.78 Å². The summed E-state index contributed by atoms with van der Waals surface area (Å²) in [5, 5.41) is 7.93. The predicted octanol–water partition coefficient (Wildman–Crippen LogP) is 2.63. The lowest BCUT2D eigenvalue weighted by Crippen LogP contribution is -2.32. The molecule has 1 aliphatic heterocycles. The third kappa shape index (κ3) is 3.09. The first-order valence-electron chi connectivity index (χ1n) is 8.45. The van der Waals surface area contributed by atoms with Crippen LogP contribution in [-0.4, -0.2) is 43.8 Å². The Labute approximate surface area is 153 Å². The molecule has 0 bridgehead atoms. The second kappa shape index (κ2) is 6.26. The molecule has 0 N–H and O–H groups in total. The number of benzene rings is 1. The summed E-state index contributed by atoms with van der Waals surface area (Å²) < 4.78 is 35.1. The van der Waals surface area contributed by atoms with Gasteiger partial charge in [0, 0.05) is 31.3 Å². The van der Waals surface area contributed by atoms with Gasteiger partial charge in [-0.05, 0) is 37.3 Å². The fourth-order valence-electron chi connectivity index (χ4n) is 3.07. The van der Waals surface area contributed by atoms with Crippen molar-refractivity contribution in [3.63, 3.8) is 0 Å². The minimum atomic E-state index is -1.93. The summed E-state index contributed by atoms with van der Waals surface area (Å²) in [5.41, 5.74) is -0.295. The van der Waals surface area contributed by atoms with Crippen molar-refractivity contribution in [3.05, 3.63) is 53.4 Å². The van der Waals surface area contributed by atoms with E-state index in [1.54, 1.807) is 17.8 Å². The van der Waals surface area contributed by atoms with Crippen LogP contribution in [0.1, 0.15) is 28.5 Å². The molecule has 27 heavy (non-hydrogen) atoms. The van der Waals surface area contributed by atoms with Crippen LogP contribution in [0.15, 0.2) is 34.9 Å². The largest absolute Gasteiger partial charge is 0.335 e. The van der Waals surface area contributed by atoms with Gasteiger partial charge in [-0.2, -0.15) is 10.1 Å². The van der Waals surface area contributed by atoms with Crippen molar-refractivity contribution in [2.75, 3.05) is 13.1 Å². The van der Waals surface area contributed by atoms with Crippen molar-refractivity contribution in [2.45, 2.75) is 19.0 Å². The number of aryl methyl sites for hydroxylation is 2. The first-order valence-corrected chi connectivity index (χ1v) is 8.45. The first-order chi connectivity index (χ1) is 12.9. The molecular formula is C18H17F2N5O2. The molecule has 1 aliphatic rings. The molecular weight excluding hydrogens is 356 g/mol. The maximum Gasteiger partial charge on any atom is 0.274 e. The molecule has 0 radical (unpaired) electrons. The number of aromatic nitrogens is 4. The zero-order valence-corrected chi connectivity index (χ0v) is 14.8. The smallest absolute Gasteiger partial charge is 0.274 e. The van der Waals surface area contributed by atoms with E-state index in [4.69, 9.17) is 4.52 Å². The number of carbonyl (C=O) groups is 1. The van der Waals surface area contributed by atoms with Crippen molar-refractivity contribution >= 4 is 5.91 Å². The van der Waals surface area contributed by atoms with Crippen LogP contribution in [0.2, 0.25) is 0 Å². The normalized spacial score (nSPS) is 19.6. The lowest BCUT2D eigenvalue weighted by molar-refractivity contribution is 0.0710. The summed E-state index contributed by atoms with van der Waals surface area (Å²) in [6, 6.07) is 7.17. The molecule has 1 unspecified atom stereocenters. The molecule has 1 aromatic carbocycles. The SMILES string of the molecule is Cc1cc(C(=O)N2CCC(F)(c3nc(-c4ccc(F)cc4)no3)C2)nn1C. The molecule has 3 aromatic rings. The molecule has 2 aromatic heterocycles. The number of nitrogens with zero attached hydrogens (tertiary/aromatic N) is 5. The van der Waals surface area contributed by atoms with Gasteiger partial charge in [-0.15, -0.1) is 0 Å². The topological polar surface area (TPSA) is 77.1 Å². The first kappa shape index (κ1) is 17.3. The van der Waals surface area contributed by atoms with Crippen molar-refractivity contribution in [1.82, 2.24) is 24.8 Å². The third-order valence-electron chi connectivity index (χ3n) is 4.75. The summed E-state index contributed by atoms with van der Waals surface area (Å²) >= 11 is 0. The van der Waals surface area contributed by atoms with Gasteiger partial charge in [-0.25, -0.2) is 8.78 Å². The lowest BCUT2D eigenvalue weighted by atomic mass is 10.1. The lowest BCUT2D eigenvalue weighted by Gasteiger charge is -2.17. The van der Waals surface area contributed by atoms with Crippen molar-refractivity contribution in [2.24, 2.45) is 7.05 Å². The Bertz CT molecular complexity index is 978. The Morgan fingerprint density at radius 2 is 2.04 bits per heavy atom. The summed E-state index contributed by atoms with van der Waals surface area (Å²) in [4.78, 5) is 18.1. The Balaban J connectivity index is 1.53. The van der Waals surface area contributed by atoms with Crippen molar-refractivity contribution in [3.8, 4) is 11.4 Å². The molecule has 1 saturated heterocycles. The van der Waals surface area contributed by atoms with Crippen LogP contribution in [0.5, 0.6) is 0 Å². The van der Waals surface area contributed by atoms with Crippen LogP contribution in [0.25, 0.3) is 11.4 Å². The maximum absolute atomic E-state index is 15.4. The van der Waals surface area contributed by atoms with Crippen molar-refractivity contribution in [1.29, 1.82) is 0 Å². The fourth-order valence-corrected chi connectivity index (χ4v) is 3.07. The zero-order valence-electron chi connectivity index (χ0n) is 14.8. The quantitative estimate of drug-likeness (QED) is 0.705. The van der Waals surface area contributed by atoms with Gasteiger partial charge in [-0.1, -0.05) is 5.16 Å². The van der Waals surface area contributed by atoms with E-state index >= 15 is 4.39 Å². The highest BCUT2D eigenvalue weighted by Crippen LogP contribution is 2.36. The van der Waals surface area contributed by atoms with Crippen LogP contribution in [0.3, 0.4) is 0 Å². The van der Waals surface area contributed by atoms with E-state index in [9.17, 15) is 9.18 Å². The van der Waals surface area contributed by atoms with Gasteiger partial charge in [0.1, 0.15) is 5.82 Å².